The molecule has 0 bridgehead atoms. The highest BCUT2D eigenvalue weighted by Crippen LogP contribution is 2.27. The van der Waals surface area contributed by atoms with Crippen LogP contribution in [0.15, 0.2) is 47.4 Å². The number of amides is 1. The van der Waals surface area contributed by atoms with Gasteiger partial charge in [0.25, 0.3) is 0 Å². The van der Waals surface area contributed by atoms with Crippen LogP contribution >= 0.6 is 23.4 Å². The fraction of sp³-hybridized carbons (Fsp3) is 0.211. The van der Waals surface area contributed by atoms with Gasteiger partial charge >= 0.3 is 11.9 Å². The van der Waals surface area contributed by atoms with Gasteiger partial charge in [0.2, 0.25) is 5.91 Å². The summed E-state index contributed by atoms with van der Waals surface area (Å²) in [6.45, 7) is 1.73. The zero-order valence-corrected chi connectivity index (χ0v) is 16.5. The van der Waals surface area contributed by atoms with E-state index in [0.29, 0.717) is 5.02 Å². The van der Waals surface area contributed by atoms with Crippen molar-refractivity contribution in [2.24, 2.45) is 0 Å². The van der Waals surface area contributed by atoms with Crippen molar-refractivity contribution in [1.29, 1.82) is 0 Å². The van der Waals surface area contributed by atoms with Crippen molar-refractivity contribution in [2.75, 3.05) is 19.5 Å². The molecule has 8 heteroatoms. The number of hydrogen-bond donors (Lipinski definition) is 1. The predicted octanol–water partition coefficient (Wildman–Crippen LogP) is 4.03. The molecule has 2 aromatic rings. The Balaban J connectivity index is 2.22. The molecule has 0 aliphatic heterocycles. The zero-order chi connectivity index (χ0) is 20.0. The number of carbonyl (C=O) groups excluding carboxylic acids is 3. The summed E-state index contributed by atoms with van der Waals surface area (Å²) in [5.74, 6) is -1.53. The lowest BCUT2D eigenvalue weighted by molar-refractivity contribution is -0.115. The smallest absolute Gasteiger partial charge is 0.339 e. The number of ether oxygens (including phenoxy) is 2. The van der Waals surface area contributed by atoms with E-state index in [4.69, 9.17) is 16.3 Å². The molecular formula is C19H18ClNO5S. The van der Waals surface area contributed by atoms with Gasteiger partial charge in [0, 0.05) is 9.92 Å². The van der Waals surface area contributed by atoms with E-state index in [9.17, 15) is 14.4 Å². The van der Waals surface area contributed by atoms with E-state index in [-0.39, 0.29) is 22.7 Å². The van der Waals surface area contributed by atoms with E-state index < -0.39 is 17.2 Å². The van der Waals surface area contributed by atoms with Crippen LogP contribution in [0.1, 0.15) is 27.6 Å². The van der Waals surface area contributed by atoms with E-state index in [2.05, 4.69) is 10.1 Å². The van der Waals surface area contributed by atoms with Gasteiger partial charge in [0.15, 0.2) is 0 Å². The number of hydrogen-bond acceptors (Lipinski definition) is 6. The van der Waals surface area contributed by atoms with Gasteiger partial charge in [-0.3, -0.25) is 4.79 Å². The molecule has 142 valence electrons. The van der Waals surface area contributed by atoms with E-state index in [1.807, 2.05) is 12.1 Å². The van der Waals surface area contributed by atoms with Gasteiger partial charge < -0.3 is 14.8 Å². The van der Waals surface area contributed by atoms with Gasteiger partial charge in [-0.05, 0) is 49.4 Å². The highest BCUT2D eigenvalue weighted by molar-refractivity contribution is 8.00. The van der Waals surface area contributed by atoms with Gasteiger partial charge in [-0.2, -0.15) is 0 Å². The van der Waals surface area contributed by atoms with Crippen molar-refractivity contribution < 1.29 is 23.9 Å². The number of methoxy groups -OCH3 is 2. The molecule has 0 spiro atoms. The second kappa shape index (κ2) is 9.43. The van der Waals surface area contributed by atoms with Gasteiger partial charge in [-0.15, -0.1) is 11.8 Å². The average Bonchev–Trinajstić information content (AvgIpc) is 2.68. The third-order valence-electron chi connectivity index (χ3n) is 3.60. The summed E-state index contributed by atoms with van der Waals surface area (Å²) in [6.07, 6.45) is 0. The fourth-order valence-electron chi connectivity index (χ4n) is 2.19. The second-order valence-corrected chi connectivity index (χ2v) is 7.30. The Kier molecular flexibility index (Phi) is 7.27. The summed E-state index contributed by atoms with van der Waals surface area (Å²) in [4.78, 5) is 37.1. The molecule has 0 heterocycles. The first-order valence-electron chi connectivity index (χ1n) is 7.89. The summed E-state index contributed by atoms with van der Waals surface area (Å²) in [5.41, 5.74) is 0.527. The number of anilines is 1. The summed E-state index contributed by atoms with van der Waals surface area (Å²) in [7, 11) is 2.49. The number of nitrogens with one attached hydrogen (secondary N) is 1. The average molecular weight is 408 g/mol. The van der Waals surface area contributed by atoms with Crippen LogP contribution in [-0.2, 0) is 14.3 Å². The number of esters is 2. The molecule has 0 radical (unpaired) electrons. The van der Waals surface area contributed by atoms with Crippen molar-refractivity contribution in [3.63, 3.8) is 0 Å². The highest BCUT2D eigenvalue weighted by atomic mass is 35.5. The van der Waals surface area contributed by atoms with Crippen molar-refractivity contribution in [2.45, 2.75) is 17.1 Å². The topological polar surface area (TPSA) is 81.7 Å². The highest BCUT2D eigenvalue weighted by Gasteiger charge is 2.20. The Morgan fingerprint density at radius 3 is 2.22 bits per heavy atom. The normalized spacial score (nSPS) is 11.4. The molecule has 0 aliphatic carbocycles. The molecule has 2 aromatic carbocycles. The van der Waals surface area contributed by atoms with Crippen LogP contribution in [0.3, 0.4) is 0 Å². The lowest BCUT2D eigenvalue weighted by Gasteiger charge is -2.15. The van der Waals surface area contributed by atoms with E-state index in [1.54, 1.807) is 19.1 Å². The van der Waals surface area contributed by atoms with Crippen molar-refractivity contribution in [1.82, 2.24) is 0 Å². The monoisotopic (exact) mass is 407 g/mol. The van der Waals surface area contributed by atoms with Crippen LogP contribution in [0, 0.1) is 0 Å². The van der Waals surface area contributed by atoms with E-state index in [1.165, 1.54) is 44.2 Å². The minimum atomic E-state index is -0.625. The van der Waals surface area contributed by atoms with Crippen LogP contribution in [0.2, 0.25) is 5.02 Å². The molecule has 0 saturated carbocycles. The molecule has 1 atom stereocenters. The third-order valence-corrected chi connectivity index (χ3v) is 4.96. The predicted molar refractivity (Wildman–Crippen MR) is 105 cm³/mol. The lowest BCUT2D eigenvalue weighted by Crippen LogP contribution is -2.24. The van der Waals surface area contributed by atoms with E-state index >= 15 is 0 Å². The van der Waals surface area contributed by atoms with Crippen molar-refractivity contribution in [3.8, 4) is 0 Å². The summed E-state index contributed by atoms with van der Waals surface area (Å²) in [6, 6.07) is 11.3. The second-order valence-electron chi connectivity index (χ2n) is 5.45. The maximum absolute atomic E-state index is 12.6. The molecule has 1 amide bonds. The SMILES string of the molecule is COC(=O)c1ccc(C(=O)OC)c(NC(=O)[C@@H](C)Sc2ccc(Cl)cc2)c1. The molecule has 0 saturated heterocycles. The number of carbonyl (C=O) groups is 3. The Bertz CT molecular complexity index is 854. The maximum Gasteiger partial charge on any atom is 0.339 e. The lowest BCUT2D eigenvalue weighted by atomic mass is 10.1. The summed E-state index contributed by atoms with van der Waals surface area (Å²) in [5, 5.41) is 2.83. The largest absolute Gasteiger partial charge is 0.465 e. The molecule has 0 aromatic heterocycles. The third kappa shape index (κ3) is 5.48. The molecule has 6 nitrogen and oxygen atoms in total. The molecular weight excluding hydrogens is 390 g/mol. The first-order chi connectivity index (χ1) is 12.8. The summed E-state index contributed by atoms with van der Waals surface area (Å²) >= 11 is 7.20. The minimum Gasteiger partial charge on any atom is -0.465 e. The van der Waals surface area contributed by atoms with Crippen LogP contribution in [0.5, 0.6) is 0 Å². The van der Waals surface area contributed by atoms with Crippen molar-refractivity contribution >= 4 is 46.9 Å². The Morgan fingerprint density at radius 1 is 1.00 bits per heavy atom. The van der Waals surface area contributed by atoms with Crippen LogP contribution < -0.4 is 5.32 Å². The Labute approximate surface area is 166 Å². The van der Waals surface area contributed by atoms with Gasteiger partial charge in [-0.25, -0.2) is 9.59 Å². The summed E-state index contributed by atoms with van der Waals surface area (Å²) < 4.78 is 9.40. The molecule has 0 fully saturated rings. The van der Waals surface area contributed by atoms with Crippen LogP contribution in [0.4, 0.5) is 5.69 Å². The van der Waals surface area contributed by atoms with Gasteiger partial charge in [-0.1, -0.05) is 11.6 Å². The first-order valence-corrected chi connectivity index (χ1v) is 9.15. The quantitative estimate of drug-likeness (QED) is 0.575. The van der Waals surface area contributed by atoms with Gasteiger partial charge in [0.1, 0.15) is 0 Å². The zero-order valence-electron chi connectivity index (χ0n) is 14.9. The molecule has 0 unspecified atom stereocenters. The Hall–Kier alpha value is -2.51. The van der Waals surface area contributed by atoms with Crippen molar-refractivity contribution in [3.05, 3.63) is 58.6 Å². The van der Waals surface area contributed by atoms with Crippen LogP contribution in [0.25, 0.3) is 0 Å². The number of halogens is 1. The molecule has 2 rings (SSSR count). The maximum atomic E-state index is 12.6. The molecule has 27 heavy (non-hydrogen) atoms. The molecule has 1 N–H and O–H groups in total. The molecule has 0 aliphatic rings. The standard InChI is InChI=1S/C19H18ClNO5S/c1-11(27-14-7-5-13(20)6-8-14)17(22)21-16-10-12(18(23)25-2)4-9-15(16)19(24)26-3/h4-11H,1-3H3,(H,21,22)/t11-/m1/s1. The Morgan fingerprint density at radius 2 is 1.63 bits per heavy atom. The van der Waals surface area contributed by atoms with Crippen LogP contribution in [-0.4, -0.2) is 37.3 Å². The number of rotatable bonds is 6. The fourth-order valence-corrected chi connectivity index (χ4v) is 3.18. The van der Waals surface area contributed by atoms with E-state index in [0.717, 1.165) is 4.90 Å². The first kappa shape index (κ1) is 20.8. The number of thioether (sulfide) groups is 1. The number of benzene rings is 2. The van der Waals surface area contributed by atoms with Gasteiger partial charge in [0.05, 0.1) is 36.3 Å². The minimum absolute atomic E-state index is 0.141.